The van der Waals surface area contributed by atoms with Crippen molar-refractivity contribution in [2.24, 2.45) is 17.3 Å². The maximum Gasteiger partial charge on any atom is 0.452 e. The summed E-state index contributed by atoms with van der Waals surface area (Å²) in [5, 5.41) is 7.02. The number of nitrogens with zero attached hydrogens (tertiary/aromatic N) is 2. The van der Waals surface area contributed by atoms with Crippen molar-refractivity contribution >= 4 is 29.0 Å². The molecule has 1 atom stereocenters. The SMILES string of the molecule is C[C@H](C(=O)Nc1ccc(Cl)cc1)C1CC2(C1)CN(c1cc(C(F)(F)F)on1)C2. The fraction of sp³-hybridized carbons (Fsp3) is 0.474. The molecule has 2 heterocycles. The number of hydrogen-bond donors (Lipinski definition) is 1. The summed E-state index contributed by atoms with van der Waals surface area (Å²) < 4.78 is 42.2. The van der Waals surface area contributed by atoms with E-state index in [2.05, 4.69) is 15.0 Å². The molecule has 2 aromatic rings. The molecule has 2 aliphatic rings. The summed E-state index contributed by atoms with van der Waals surface area (Å²) in [5.74, 6) is -0.779. The lowest BCUT2D eigenvalue weighted by Gasteiger charge is -2.60. The molecule has 1 saturated heterocycles. The number of halogens is 4. The van der Waals surface area contributed by atoms with Gasteiger partial charge >= 0.3 is 6.18 Å². The highest BCUT2D eigenvalue weighted by molar-refractivity contribution is 6.30. The lowest BCUT2D eigenvalue weighted by molar-refractivity contribution is -0.155. The maximum absolute atomic E-state index is 12.6. The van der Waals surface area contributed by atoms with E-state index in [1.807, 2.05) is 6.92 Å². The van der Waals surface area contributed by atoms with E-state index in [0.29, 0.717) is 23.8 Å². The van der Waals surface area contributed by atoms with Gasteiger partial charge in [-0.05, 0) is 43.0 Å². The highest BCUT2D eigenvalue weighted by Gasteiger charge is 2.55. The van der Waals surface area contributed by atoms with Gasteiger partial charge in [-0.3, -0.25) is 4.79 Å². The van der Waals surface area contributed by atoms with Crippen molar-refractivity contribution in [3.63, 3.8) is 0 Å². The lowest BCUT2D eigenvalue weighted by Crippen LogP contribution is -2.63. The molecule has 28 heavy (non-hydrogen) atoms. The monoisotopic (exact) mass is 413 g/mol. The second-order valence-corrected chi connectivity index (χ2v) is 8.29. The number of aromatic nitrogens is 1. The van der Waals surface area contributed by atoms with Gasteiger partial charge in [0.05, 0.1) is 0 Å². The van der Waals surface area contributed by atoms with Crippen LogP contribution in [0.2, 0.25) is 5.02 Å². The molecule has 150 valence electrons. The Morgan fingerprint density at radius 3 is 2.54 bits per heavy atom. The Kier molecular flexibility index (Phi) is 4.56. The number of alkyl halides is 3. The fourth-order valence-electron chi connectivity index (χ4n) is 4.14. The summed E-state index contributed by atoms with van der Waals surface area (Å²) >= 11 is 5.84. The summed E-state index contributed by atoms with van der Waals surface area (Å²) in [6, 6.07) is 7.89. The molecule has 1 N–H and O–H groups in total. The molecule has 1 amide bonds. The zero-order valence-electron chi connectivity index (χ0n) is 15.1. The summed E-state index contributed by atoms with van der Waals surface area (Å²) in [4.78, 5) is 14.2. The molecule has 9 heteroatoms. The van der Waals surface area contributed by atoms with Crippen LogP contribution in [0.3, 0.4) is 0 Å². The molecule has 1 saturated carbocycles. The molecule has 1 aromatic heterocycles. The highest BCUT2D eigenvalue weighted by atomic mass is 35.5. The van der Waals surface area contributed by atoms with Crippen molar-refractivity contribution in [3.8, 4) is 0 Å². The number of hydrogen-bond acceptors (Lipinski definition) is 4. The Balaban J connectivity index is 1.27. The third-order valence-electron chi connectivity index (χ3n) is 5.78. The lowest BCUT2D eigenvalue weighted by atomic mass is 9.55. The van der Waals surface area contributed by atoms with Crippen LogP contribution >= 0.6 is 11.6 Å². The molecule has 0 bridgehead atoms. The molecule has 1 aliphatic carbocycles. The highest BCUT2D eigenvalue weighted by Crippen LogP contribution is 2.55. The molecule has 1 spiro atoms. The number of nitrogens with one attached hydrogen (secondary N) is 1. The van der Waals surface area contributed by atoms with E-state index in [-0.39, 0.29) is 29.0 Å². The number of amides is 1. The quantitative estimate of drug-likeness (QED) is 0.779. The largest absolute Gasteiger partial charge is 0.452 e. The predicted octanol–water partition coefficient (Wildman–Crippen LogP) is 4.84. The van der Waals surface area contributed by atoms with Gasteiger partial charge in [0.25, 0.3) is 0 Å². The number of anilines is 2. The smallest absolute Gasteiger partial charge is 0.353 e. The van der Waals surface area contributed by atoms with Gasteiger partial charge in [0.2, 0.25) is 11.7 Å². The minimum Gasteiger partial charge on any atom is -0.353 e. The number of rotatable bonds is 4. The molecular weight excluding hydrogens is 395 g/mol. The summed E-state index contributed by atoms with van der Waals surface area (Å²) in [6.07, 6.45) is -2.77. The Bertz CT molecular complexity index is 867. The van der Waals surface area contributed by atoms with Crippen molar-refractivity contribution < 1.29 is 22.5 Å². The Morgan fingerprint density at radius 2 is 1.96 bits per heavy atom. The van der Waals surface area contributed by atoms with Crippen LogP contribution < -0.4 is 10.2 Å². The van der Waals surface area contributed by atoms with Crippen molar-refractivity contribution in [2.45, 2.75) is 25.9 Å². The van der Waals surface area contributed by atoms with Crippen LogP contribution in [0, 0.1) is 17.3 Å². The third kappa shape index (κ3) is 3.57. The molecule has 1 aromatic carbocycles. The minimum absolute atomic E-state index is 0.0373. The van der Waals surface area contributed by atoms with E-state index in [0.717, 1.165) is 18.9 Å². The fourth-order valence-corrected chi connectivity index (χ4v) is 4.27. The molecule has 1 aliphatic heterocycles. The second kappa shape index (κ2) is 6.69. The summed E-state index contributed by atoms with van der Waals surface area (Å²) in [5.41, 5.74) is 0.771. The second-order valence-electron chi connectivity index (χ2n) is 7.86. The van der Waals surface area contributed by atoms with Crippen molar-refractivity contribution in [2.75, 3.05) is 23.3 Å². The Labute approximate surface area is 164 Å². The third-order valence-corrected chi connectivity index (χ3v) is 6.03. The van der Waals surface area contributed by atoms with Gasteiger partial charge < -0.3 is 14.7 Å². The van der Waals surface area contributed by atoms with E-state index >= 15 is 0 Å². The summed E-state index contributed by atoms with van der Waals surface area (Å²) in [6.45, 7) is 3.18. The molecule has 0 unspecified atom stereocenters. The van der Waals surface area contributed by atoms with Crippen LogP contribution in [0.15, 0.2) is 34.9 Å². The van der Waals surface area contributed by atoms with E-state index in [9.17, 15) is 18.0 Å². The van der Waals surface area contributed by atoms with Gasteiger partial charge in [0.15, 0.2) is 5.82 Å². The van der Waals surface area contributed by atoms with Gasteiger partial charge in [-0.1, -0.05) is 23.7 Å². The van der Waals surface area contributed by atoms with Gasteiger partial charge in [-0.2, -0.15) is 13.2 Å². The van der Waals surface area contributed by atoms with Crippen molar-refractivity contribution in [1.29, 1.82) is 0 Å². The van der Waals surface area contributed by atoms with E-state index in [4.69, 9.17) is 11.6 Å². The van der Waals surface area contributed by atoms with Crippen LogP contribution in [0.5, 0.6) is 0 Å². The Hall–Kier alpha value is -2.22. The molecular formula is C19H19ClF3N3O2. The summed E-state index contributed by atoms with van der Waals surface area (Å²) in [7, 11) is 0. The predicted molar refractivity (Wildman–Crippen MR) is 98.1 cm³/mol. The van der Waals surface area contributed by atoms with Crippen molar-refractivity contribution in [1.82, 2.24) is 5.16 Å². The van der Waals surface area contributed by atoms with Crippen LogP contribution in [0.25, 0.3) is 0 Å². The zero-order chi connectivity index (χ0) is 20.1. The molecule has 2 fully saturated rings. The van der Waals surface area contributed by atoms with E-state index in [1.165, 1.54) is 0 Å². The first-order valence-electron chi connectivity index (χ1n) is 9.01. The van der Waals surface area contributed by atoms with Gasteiger partial charge in [0.1, 0.15) is 0 Å². The first-order valence-corrected chi connectivity index (χ1v) is 9.38. The maximum atomic E-state index is 12.6. The average Bonchev–Trinajstić information content (AvgIpc) is 3.04. The van der Waals surface area contributed by atoms with Crippen molar-refractivity contribution in [3.05, 3.63) is 41.1 Å². The molecule has 5 nitrogen and oxygen atoms in total. The van der Waals surface area contributed by atoms with E-state index in [1.54, 1.807) is 29.2 Å². The van der Waals surface area contributed by atoms with Gasteiger partial charge in [-0.15, -0.1) is 0 Å². The van der Waals surface area contributed by atoms with E-state index < -0.39 is 11.9 Å². The van der Waals surface area contributed by atoms with Crippen LogP contribution in [0.1, 0.15) is 25.5 Å². The minimum atomic E-state index is -4.53. The van der Waals surface area contributed by atoms with Gasteiger partial charge in [0, 0.05) is 41.2 Å². The van der Waals surface area contributed by atoms with Crippen LogP contribution in [-0.4, -0.2) is 24.2 Å². The Morgan fingerprint density at radius 1 is 1.32 bits per heavy atom. The average molecular weight is 414 g/mol. The van der Waals surface area contributed by atoms with Crippen LogP contribution in [-0.2, 0) is 11.0 Å². The first-order chi connectivity index (χ1) is 13.2. The number of carbonyl (C=O) groups is 1. The topological polar surface area (TPSA) is 58.4 Å². The number of benzene rings is 1. The first kappa shape index (κ1) is 19.1. The standard InChI is InChI=1S/C19H19ClF3N3O2/c1-11(17(27)24-14-4-2-13(20)3-5-14)12-7-18(8-12)9-26(10-18)16-6-15(28-25-16)19(21,22)23/h2-6,11-12H,7-10H2,1H3,(H,24,27)/t11-/m0/s1. The van der Waals surface area contributed by atoms with Crippen LogP contribution in [0.4, 0.5) is 24.7 Å². The normalized spacial score (nSPS) is 19.8. The molecule has 0 radical (unpaired) electrons. The zero-order valence-corrected chi connectivity index (χ0v) is 15.8. The van der Waals surface area contributed by atoms with Gasteiger partial charge in [-0.25, -0.2) is 0 Å². The molecule has 4 rings (SSSR count). The number of carbonyl (C=O) groups excluding carboxylic acids is 1.